The van der Waals surface area contributed by atoms with E-state index in [0.717, 1.165) is 11.8 Å². The SMILES string of the molecule is CC(C)(C)c1cc(NC(=O)Nc2ccc(Oc3ccnc(N)c3)cc2F)n(-c2ccc(C#N)cc2)n1. The summed E-state index contributed by atoms with van der Waals surface area (Å²) in [5.74, 6) is 0.625. The highest BCUT2D eigenvalue weighted by Gasteiger charge is 2.22. The third kappa shape index (κ3) is 5.59. The Morgan fingerprint density at radius 3 is 2.42 bits per heavy atom. The van der Waals surface area contributed by atoms with Gasteiger partial charge in [-0.15, -0.1) is 0 Å². The van der Waals surface area contributed by atoms with Crippen LogP contribution in [0.2, 0.25) is 0 Å². The lowest BCUT2D eigenvalue weighted by molar-refractivity contribution is 0.262. The fraction of sp³-hybridized carbons (Fsp3) is 0.154. The van der Waals surface area contributed by atoms with Gasteiger partial charge in [-0.05, 0) is 42.5 Å². The van der Waals surface area contributed by atoms with E-state index in [1.54, 1.807) is 41.1 Å². The van der Waals surface area contributed by atoms with Crippen LogP contribution in [0.3, 0.4) is 0 Å². The molecule has 0 aliphatic carbocycles. The second-order valence-electron chi connectivity index (χ2n) is 8.97. The molecule has 2 heterocycles. The standard InChI is InChI=1S/C26H24FN7O2/c1-26(2,3)22-14-24(34(33-22)17-6-4-16(15-28)5-7-17)32-25(35)31-21-9-8-18(12-20(21)27)36-19-10-11-30-23(29)13-19/h4-14H,1-3H3,(H2,29,30)(H2,31,32,35). The quantitative estimate of drug-likeness (QED) is 0.337. The Morgan fingerprint density at radius 1 is 1.06 bits per heavy atom. The Morgan fingerprint density at radius 2 is 1.78 bits per heavy atom. The predicted octanol–water partition coefficient (Wildman–Crippen LogP) is 5.59. The molecule has 2 aromatic carbocycles. The van der Waals surface area contributed by atoms with E-state index in [1.807, 2.05) is 20.8 Å². The zero-order valence-electron chi connectivity index (χ0n) is 19.9. The van der Waals surface area contributed by atoms with Crippen molar-refractivity contribution in [2.45, 2.75) is 26.2 Å². The lowest BCUT2D eigenvalue weighted by Gasteiger charge is -2.14. The largest absolute Gasteiger partial charge is 0.457 e. The van der Waals surface area contributed by atoms with Crippen LogP contribution in [0, 0.1) is 17.1 Å². The average Bonchev–Trinajstić information content (AvgIpc) is 3.25. The summed E-state index contributed by atoms with van der Waals surface area (Å²) in [4.78, 5) is 16.6. The number of hydrogen-bond donors (Lipinski definition) is 3. The molecule has 2 amide bonds. The number of nitrogens with one attached hydrogen (secondary N) is 2. The molecule has 0 fully saturated rings. The number of nitrogens with zero attached hydrogens (tertiary/aromatic N) is 4. The lowest BCUT2D eigenvalue weighted by Crippen LogP contribution is -2.22. The summed E-state index contributed by atoms with van der Waals surface area (Å²) < 4.78 is 21.9. The Balaban J connectivity index is 1.53. The van der Waals surface area contributed by atoms with Gasteiger partial charge in [-0.3, -0.25) is 5.32 Å². The first-order valence-corrected chi connectivity index (χ1v) is 11.0. The molecule has 4 aromatic rings. The number of benzene rings is 2. The van der Waals surface area contributed by atoms with Crippen LogP contribution in [0.4, 0.5) is 26.5 Å². The Kier molecular flexibility index (Phi) is 6.56. The minimum absolute atomic E-state index is 0.0328. The summed E-state index contributed by atoms with van der Waals surface area (Å²) in [5, 5.41) is 18.9. The number of nitriles is 1. The van der Waals surface area contributed by atoms with Crippen LogP contribution in [0.5, 0.6) is 11.5 Å². The second kappa shape index (κ2) is 9.76. The number of carbonyl (C=O) groups excluding carboxylic acids is 1. The lowest BCUT2D eigenvalue weighted by atomic mass is 9.92. The summed E-state index contributed by atoms with van der Waals surface area (Å²) in [6, 6.07) is 17.1. The number of urea groups is 1. The number of hydrogen-bond acceptors (Lipinski definition) is 6. The molecule has 10 heteroatoms. The number of pyridine rings is 1. The number of ether oxygens (including phenoxy) is 1. The third-order valence-electron chi connectivity index (χ3n) is 5.14. The highest BCUT2D eigenvalue weighted by Crippen LogP contribution is 2.28. The summed E-state index contributed by atoms with van der Waals surface area (Å²) in [6.07, 6.45) is 1.48. The van der Waals surface area contributed by atoms with E-state index >= 15 is 0 Å². The molecule has 0 atom stereocenters. The van der Waals surface area contributed by atoms with Crippen LogP contribution in [-0.4, -0.2) is 20.8 Å². The van der Waals surface area contributed by atoms with E-state index in [1.165, 1.54) is 24.4 Å². The van der Waals surface area contributed by atoms with Crippen molar-refractivity contribution in [1.82, 2.24) is 14.8 Å². The van der Waals surface area contributed by atoms with Crippen molar-refractivity contribution in [3.8, 4) is 23.3 Å². The molecule has 36 heavy (non-hydrogen) atoms. The first kappa shape index (κ1) is 24.2. The van der Waals surface area contributed by atoms with Crippen molar-refractivity contribution in [3.63, 3.8) is 0 Å². The average molecular weight is 486 g/mol. The molecule has 0 spiro atoms. The summed E-state index contributed by atoms with van der Waals surface area (Å²) in [6.45, 7) is 6.00. The fourth-order valence-electron chi connectivity index (χ4n) is 3.27. The topological polar surface area (TPSA) is 131 Å². The number of anilines is 3. The van der Waals surface area contributed by atoms with Crippen molar-refractivity contribution in [3.05, 3.63) is 83.9 Å². The van der Waals surface area contributed by atoms with Crippen LogP contribution in [0.25, 0.3) is 5.69 Å². The van der Waals surface area contributed by atoms with Gasteiger partial charge in [0.1, 0.15) is 29.0 Å². The number of nitrogens with two attached hydrogens (primary N) is 1. The van der Waals surface area contributed by atoms with Gasteiger partial charge >= 0.3 is 6.03 Å². The smallest absolute Gasteiger partial charge is 0.324 e. The zero-order chi connectivity index (χ0) is 25.9. The van der Waals surface area contributed by atoms with Crippen molar-refractivity contribution in [2.75, 3.05) is 16.4 Å². The van der Waals surface area contributed by atoms with Crippen molar-refractivity contribution in [1.29, 1.82) is 5.26 Å². The number of aromatic nitrogens is 3. The van der Waals surface area contributed by atoms with E-state index in [2.05, 4.69) is 26.8 Å². The Bertz CT molecular complexity index is 1450. The first-order chi connectivity index (χ1) is 17.1. The predicted molar refractivity (Wildman–Crippen MR) is 135 cm³/mol. The van der Waals surface area contributed by atoms with E-state index in [-0.39, 0.29) is 22.7 Å². The normalized spacial score (nSPS) is 11.0. The summed E-state index contributed by atoms with van der Waals surface area (Å²) in [5.41, 5.74) is 7.22. The number of rotatable bonds is 5. The molecule has 9 nitrogen and oxygen atoms in total. The van der Waals surface area contributed by atoms with Gasteiger partial charge in [0.25, 0.3) is 0 Å². The van der Waals surface area contributed by atoms with Gasteiger partial charge < -0.3 is 15.8 Å². The van der Waals surface area contributed by atoms with Crippen LogP contribution >= 0.6 is 0 Å². The molecule has 182 valence electrons. The third-order valence-corrected chi connectivity index (χ3v) is 5.14. The van der Waals surface area contributed by atoms with Crippen LogP contribution in [0.1, 0.15) is 32.0 Å². The number of amides is 2. The van der Waals surface area contributed by atoms with Gasteiger partial charge in [0, 0.05) is 29.8 Å². The van der Waals surface area contributed by atoms with Gasteiger partial charge in [0.2, 0.25) is 0 Å². The highest BCUT2D eigenvalue weighted by atomic mass is 19.1. The summed E-state index contributed by atoms with van der Waals surface area (Å²) >= 11 is 0. The van der Waals surface area contributed by atoms with Crippen molar-refractivity contribution >= 4 is 23.4 Å². The van der Waals surface area contributed by atoms with E-state index in [9.17, 15) is 9.18 Å². The Labute approximate surface area is 207 Å². The molecule has 4 rings (SSSR count). The molecule has 0 radical (unpaired) electrons. The Hall–Kier alpha value is -4.91. The van der Waals surface area contributed by atoms with Crippen LogP contribution in [0.15, 0.2) is 66.9 Å². The zero-order valence-corrected chi connectivity index (χ0v) is 19.9. The first-order valence-electron chi connectivity index (χ1n) is 11.0. The maximum Gasteiger partial charge on any atom is 0.324 e. The number of carbonyl (C=O) groups is 1. The maximum atomic E-state index is 14.7. The monoisotopic (exact) mass is 485 g/mol. The number of halogens is 1. The van der Waals surface area contributed by atoms with Crippen LogP contribution in [-0.2, 0) is 5.41 Å². The van der Waals surface area contributed by atoms with Gasteiger partial charge in [-0.2, -0.15) is 10.4 Å². The molecule has 2 aromatic heterocycles. The van der Waals surface area contributed by atoms with Gasteiger partial charge in [0.15, 0.2) is 0 Å². The number of nitrogen functional groups attached to an aromatic ring is 1. The molecule has 0 bridgehead atoms. The molecule has 0 unspecified atom stereocenters. The molecule has 0 saturated heterocycles. The molecular formula is C26H24FN7O2. The van der Waals surface area contributed by atoms with Gasteiger partial charge in [-0.25, -0.2) is 18.9 Å². The molecule has 0 saturated carbocycles. The molecule has 0 aliphatic heterocycles. The van der Waals surface area contributed by atoms with Crippen LogP contribution < -0.4 is 21.1 Å². The minimum atomic E-state index is -0.680. The van der Waals surface area contributed by atoms with Gasteiger partial charge in [-0.1, -0.05) is 20.8 Å². The fourth-order valence-corrected chi connectivity index (χ4v) is 3.27. The van der Waals surface area contributed by atoms with E-state index in [4.69, 9.17) is 15.7 Å². The molecule has 0 aliphatic rings. The summed E-state index contributed by atoms with van der Waals surface area (Å²) in [7, 11) is 0. The van der Waals surface area contributed by atoms with Crippen molar-refractivity contribution in [2.24, 2.45) is 0 Å². The van der Waals surface area contributed by atoms with E-state index in [0.29, 0.717) is 22.8 Å². The van der Waals surface area contributed by atoms with E-state index < -0.39 is 11.8 Å². The maximum absolute atomic E-state index is 14.7. The molecule has 4 N–H and O–H groups in total. The van der Waals surface area contributed by atoms with Gasteiger partial charge in [0.05, 0.1) is 28.7 Å². The highest BCUT2D eigenvalue weighted by molar-refractivity contribution is 5.99. The second-order valence-corrected chi connectivity index (χ2v) is 8.97. The molecular weight excluding hydrogens is 461 g/mol. The minimum Gasteiger partial charge on any atom is -0.457 e. The van der Waals surface area contributed by atoms with Crippen molar-refractivity contribution < 1.29 is 13.9 Å².